The number of halogens is 5. The molecule has 0 saturated carbocycles. The lowest BCUT2D eigenvalue weighted by Gasteiger charge is -2.12. The summed E-state index contributed by atoms with van der Waals surface area (Å²) in [5, 5.41) is 0. The summed E-state index contributed by atoms with van der Waals surface area (Å²) in [4.78, 5) is 8.38. The van der Waals surface area contributed by atoms with Crippen LogP contribution in [0.15, 0.2) is 17.2 Å². The number of pyridine rings is 1. The molecule has 0 aromatic carbocycles. The predicted octanol–water partition coefficient (Wildman–Crippen LogP) is 5.27. The van der Waals surface area contributed by atoms with Gasteiger partial charge in [-0.25, -0.2) is 18.7 Å². The van der Waals surface area contributed by atoms with E-state index in [-0.39, 0.29) is 38.9 Å². The van der Waals surface area contributed by atoms with Crippen molar-refractivity contribution in [3.63, 3.8) is 0 Å². The van der Waals surface area contributed by atoms with E-state index in [0.29, 0.717) is 10.4 Å². The van der Waals surface area contributed by atoms with Gasteiger partial charge in [-0.2, -0.15) is 13.2 Å². The smallest absolute Gasteiger partial charge is 0.433 e. The lowest BCUT2D eigenvalue weighted by Crippen LogP contribution is -2.08. The summed E-state index contributed by atoms with van der Waals surface area (Å²) >= 11 is -0.620. The van der Waals surface area contributed by atoms with Gasteiger partial charge in [0.05, 0.1) is 27.7 Å². The minimum atomic E-state index is -4.62. The van der Waals surface area contributed by atoms with E-state index in [0.717, 1.165) is 23.6 Å². The number of thiophene rings is 1. The van der Waals surface area contributed by atoms with E-state index in [2.05, 4.69) is 9.97 Å². The maximum atomic E-state index is 14.4. The molecule has 1 aliphatic rings. The van der Waals surface area contributed by atoms with Crippen LogP contribution >= 0.6 is 11.3 Å². The Hall–Kier alpha value is -1.72. The van der Waals surface area contributed by atoms with Crippen molar-refractivity contribution >= 4 is 33.5 Å². The summed E-state index contributed by atoms with van der Waals surface area (Å²) in [7, 11) is 1.57. The topological polar surface area (TPSA) is 53.8 Å². The summed E-state index contributed by atoms with van der Waals surface area (Å²) in [5.41, 5.74) is -0.592. The number of fused-ring (bicyclic) bond motifs is 2. The second-order valence-electron chi connectivity index (χ2n) is 6.39. The molecule has 150 valence electrons. The fourth-order valence-electron chi connectivity index (χ4n) is 3.35. The molecule has 1 aliphatic carbocycles. The first-order chi connectivity index (χ1) is 13.1. The highest BCUT2D eigenvalue weighted by atomic mass is 32.2. The Balaban J connectivity index is 1.95. The number of aromatic nitrogens is 3. The van der Waals surface area contributed by atoms with Gasteiger partial charge in [-0.05, 0) is 24.2 Å². The van der Waals surface area contributed by atoms with E-state index in [4.69, 9.17) is 0 Å². The molecular formula is C17H14F5N3OS2. The predicted molar refractivity (Wildman–Crippen MR) is 96.1 cm³/mol. The van der Waals surface area contributed by atoms with Crippen LogP contribution in [0.1, 0.15) is 41.8 Å². The third-order valence-electron chi connectivity index (χ3n) is 4.69. The Morgan fingerprint density at radius 2 is 2.04 bits per heavy atom. The Morgan fingerprint density at radius 3 is 2.68 bits per heavy atom. The molecule has 0 amide bonds. The number of hydrogen-bond donors (Lipinski definition) is 0. The Bertz CT molecular complexity index is 1060. The minimum absolute atomic E-state index is 0.0511. The molecule has 3 aromatic heterocycles. The van der Waals surface area contributed by atoms with Gasteiger partial charge < -0.3 is 9.12 Å². The first-order valence-corrected chi connectivity index (χ1v) is 10.5. The van der Waals surface area contributed by atoms with Crippen molar-refractivity contribution in [2.75, 3.05) is 5.75 Å². The fourth-order valence-corrected chi connectivity index (χ4v) is 6.14. The molecule has 3 unspecified atom stereocenters. The lowest BCUT2D eigenvalue weighted by atomic mass is 10.2. The molecule has 28 heavy (non-hydrogen) atoms. The van der Waals surface area contributed by atoms with E-state index in [1.165, 1.54) is 4.57 Å². The lowest BCUT2D eigenvalue weighted by molar-refractivity contribution is -0.141. The van der Waals surface area contributed by atoms with Crippen LogP contribution in [-0.2, 0) is 24.4 Å². The van der Waals surface area contributed by atoms with Crippen molar-refractivity contribution in [3.8, 4) is 10.7 Å². The SMILES string of the molecule is CC[S+]([O-])c1c(-c2nc3cc(C(F)(F)F)ncc3n2C)sc2c1C(F)CC2F. The molecule has 0 aliphatic heterocycles. The van der Waals surface area contributed by atoms with Gasteiger partial charge in [0.1, 0.15) is 28.7 Å². The van der Waals surface area contributed by atoms with Crippen LogP contribution in [0.4, 0.5) is 22.0 Å². The Kier molecular flexibility index (Phi) is 4.66. The van der Waals surface area contributed by atoms with E-state index < -0.39 is 35.4 Å². The Labute approximate surface area is 163 Å². The summed E-state index contributed by atoms with van der Waals surface area (Å²) in [6.07, 6.45) is -6.93. The number of nitrogens with zero attached hydrogens (tertiary/aromatic N) is 3. The standard InChI is InChI=1S/C17H14F5N3OS2/c1-3-28(26)15-12-7(18)4-8(19)13(12)27-14(15)16-24-9-5-11(17(20,21)22)23-6-10(9)25(16)2/h5-8H,3-4H2,1-2H3. The van der Waals surface area contributed by atoms with Crippen molar-refractivity contribution < 1.29 is 26.5 Å². The number of imidazole rings is 1. The molecule has 0 spiro atoms. The van der Waals surface area contributed by atoms with Crippen molar-refractivity contribution in [2.24, 2.45) is 7.05 Å². The average Bonchev–Trinajstić information content (AvgIpc) is 3.26. The quantitative estimate of drug-likeness (QED) is 0.416. The molecule has 0 N–H and O–H groups in total. The fraction of sp³-hybridized carbons (Fsp3) is 0.412. The van der Waals surface area contributed by atoms with Crippen LogP contribution in [0.25, 0.3) is 21.7 Å². The zero-order chi connectivity index (χ0) is 20.4. The van der Waals surface area contributed by atoms with Gasteiger partial charge in [0.2, 0.25) is 0 Å². The van der Waals surface area contributed by atoms with Gasteiger partial charge >= 0.3 is 6.18 Å². The van der Waals surface area contributed by atoms with E-state index in [9.17, 15) is 26.5 Å². The summed E-state index contributed by atoms with van der Waals surface area (Å²) in [6, 6.07) is 0.826. The van der Waals surface area contributed by atoms with Crippen LogP contribution < -0.4 is 0 Å². The first-order valence-electron chi connectivity index (χ1n) is 8.36. The van der Waals surface area contributed by atoms with Gasteiger partial charge in [0.25, 0.3) is 0 Å². The molecule has 4 rings (SSSR count). The largest absolute Gasteiger partial charge is 0.611 e. The molecule has 0 saturated heterocycles. The van der Waals surface area contributed by atoms with E-state index in [1.807, 2.05) is 0 Å². The van der Waals surface area contributed by atoms with Crippen LogP contribution in [0.2, 0.25) is 0 Å². The van der Waals surface area contributed by atoms with E-state index in [1.54, 1.807) is 14.0 Å². The number of aryl methyl sites for hydroxylation is 1. The second-order valence-corrected chi connectivity index (χ2v) is 9.12. The van der Waals surface area contributed by atoms with Crippen LogP contribution in [0.3, 0.4) is 0 Å². The summed E-state index contributed by atoms with van der Waals surface area (Å²) < 4.78 is 81.6. The molecule has 3 aromatic rings. The zero-order valence-electron chi connectivity index (χ0n) is 14.7. The van der Waals surface area contributed by atoms with Gasteiger partial charge in [-0.1, -0.05) is 0 Å². The zero-order valence-corrected chi connectivity index (χ0v) is 16.3. The van der Waals surface area contributed by atoms with Gasteiger partial charge in [0.15, 0.2) is 10.7 Å². The van der Waals surface area contributed by atoms with Crippen LogP contribution in [-0.4, -0.2) is 24.8 Å². The molecule has 0 bridgehead atoms. The highest BCUT2D eigenvalue weighted by molar-refractivity contribution is 7.91. The average molecular weight is 435 g/mol. The third-order valence-corrected chi connectivity index (χ3v) is 7.51. The van der Waals surface area contributed by atoms with Crippen molar-refractivity contribution in [3.05, 3.63) is 28.4 Å². The van der Waals surface area contributed by atoms with Crippen molar-refractivity contribution in [1.82, 2.24) is 14.5 Å². The number of rotatable bonds is 3. The molecule has 0 fully saturated rings. The second kappa shape index (κ2) is 6.67. The van der Waals surface area contributed by atoms with Gasteiger partial charge in [-0.15, -0.1) is 11.3 Å². The number of hydrogen-bond acceptors (Lipinski definition) is 4. The molecule has 4 nitrogen and oxygen atoms in total. The normalized spacial score (nSPS) is 20.7. The maximum absolute atomic E-state index is 14.4. The van der Waals surface area contributed by atoms with E-state index >= 15 is 0 Å². The highest BCUT2D eigenvalue weighted by Crippen LogP contribution is 2.54. The minimum Gasteiger partial charge on any atom is -0.611 e. The van der Waals surface area contributed by atoms with Gasteiger partial charge in [-0.3, -0.25) is 0 Å². The van der Waals surface area contributed by atoms with Crippen LogP contribution in [0.5, 0.6) is 0 Å². The maximum Gasteiger partial charge on any atom is 0.433 e. The van der Waals surface area contributed by atoms with Crippen molar-refractivity contribution in [1.29, 1.82) is 0 Å². The molecule has 11 heteroatoms. The molecule has 3 heterocycles. The Morgan fingerprint density at radius 1 is 1.32 bits per heavy atom. The van der Waals surface area contributed by atoms with Crippen molar-refractivity contribution in [2.45, 2.75) is 36.8 Å². The third kappa shape index (κ3) is 2.91. The monoisotopic (exact) mass is 435 g/mol. The first kappa shape index (κ1) is 19.6. The van der Waals surface area contributed by atoms with Gasteiger partial charge in [0, 0.05) is 13.5 Å². The summed E-state index contributed by atoms with van der Waals surface area (Å²) in [5.74, 6) is 0.413. The summed E-state index contributed by atoms with van der Waals surface area (Å²) in [6.45, 7) is 1.66. The molecule has 3 atom stereocenters. The van der Waals surface area contributed by atoms with Crippen LogP contribution in [0, 0.1) is 0 Å². The molecular weight excluding hydrogens is 421 g/mol. The molecule has 0 radical (unpaired) electrons. The number of alkyl halides is 5. The highest BCUT2D eigenvalue weighted by Gasteiger charge is 2.42.